The van der Waals surface area contributed by atoms with Gasteiger partial charge in [0.1, 0.15) is 5.76 Å². The van der Waals surface area contributed by atoms with Crippen LogP contribution in [0.4, 0.5) is 5.69 Å². The SMILES string of the molecule is CC(Nc1cccc(Br)c1)c1ccc(Br)o1. The van der Waals surface area contributed by atoms with Crippen LogP contribution in [0.25, 0.3) is 0 Å². The maximum atomic E-state index is 5.49. The average Bonchev–Trinajstić information content (AvgIpc) is 2.65. The molecule has 0 bridgehead atoms. The molecule has 0 radical (unpaired) electrons. The van der Waals surface area contributed by atoms with Gasteiger partial charge in [0.2, 0.25) is 0 Å². The van der Waals surface area contributed by atoms with Crippen molar-refractivity contribution in [1.29, 1.82) is 0 Å². The van der Waals surface area contributed by atoms with Crippen molar-refractivity contribution >= 4 is 37.5 Å². The van der Waals surface area contributed by atoms with Crippen molar-refractivity contribution in [2.45, 2.75) is 13.0 Å². The Balaban J connectivity index is 2.10. The van der Waals surface area contributed by atoms with Crippen molar-refractivity contribution < 1.29 is 4.42 Å². The lowest BCUT2D eigenvalue weighted by atomic mass is 10.2. The van der Waals surface area contributed by atoms with Crippen LogP contribution in [0.2, 0.25) is 0 Å². The van der Waals surface area contributed by atoms with E-state index in [2.05, 4.69) is 44.1 Å². The molecule has 0 amide bonds. The second-order valence-electron chi connectivity index (χ2n) is 3.52. The van der Waals surface area contributed by atoms with Gasteiger partial charge >= 0.3 is 0 Å². The Labute approximate surface area is 111 Å². The Morgan fingerprint density at radius 3 is 2.62 bits per heavy atom. The zero-order valence-electron chi connectivity index (χ0n) is 8.71. The molecule has 0 fully saturated rings. The molecule has 1 atom stereocenters. The predicted molar refractivity (Wildman–Crippen MR) is 72.6 cm³/mol. The lowest BCUT2D eigenvalue weighted by Gasteiger charge is -2.12. The smallest absolute Gasteiger partial charge is 0.169 e. The van der Waals surface area contributed by atoms with Gasteiger partial charge in [-0.25, -0.2) is 0 Å². The molecule has 0 aliphatic carbocycles. The van der Waals surface area contributed by atoms with Crippen LogP contribution in [0, 0.1) is 0 Å². The fourth-order valence-electron chi connectivity index (χ4n) is 1.46. The van der Waals surface area contributed by atoms with Crippen molar-refractivity contribution in [2.24, 2.45) is 0 Å². The molecule has 16 heavy (non-hydrogen) atoms. The molecule has 1 aromatic carbocycles. The monoisotopic (exact) mass is 343 g/mol. The molecular formula is C12H11Br2NO. The van der Waals surface area contributed by atoms with Gasteiger partial charge in [0.15, 0.2) is 4.67 Å². The largest absolute Gasteiger partial charge is 0.452 e. The van der Waals surface area contributed by atoms with Crippen LogP contribution in [-0.2, 0) is 0 Å². The van der Waals surface area contributed by atoms with Gasteiger partial charge in [0.25, 0.3) is 0 Å². The molecule has 0 saturated heterocycles. The summed E-state index contributed by atoms with van der Waals surface area (Å²) in [7, 11) is 0. The summed E-state index contributed by atoms with van der Waals surface area (Å²) in [6, 6.07) is 12.1. The van der Waals surface area contributed by atoms with Crippen molar-refractivity contribution in [3.63, 3.8) is 0 Å². The molecule has 1 unspecified atom stereocenters. The minimum absolute atomic E-state index is 0.139. The molecule has 0 saturated carbocycles. The van der Waals surface area contributed by atoms with Crippen molar-refractivity contribution in [2.75, 3.05) is 5.32 Å². The first-order valence-corrected chi connectivity index (χ1v) is 6.51. The quantitative estimate of drug-likeness (QED) is 0.849. The predicted octanol–water partition coefficient (Wildman–Crippen LogP) is 4.98. The Bertz CT molecular complexity index is 481. The highest BCUT2D eigenvalue weighted by atomic mass is 79.9. The van der Waals surface area contributed by atoms with Gasteiger partial charge in [-0.05, 0) is 53.2 Å². The first-order valence-electron chi connectivity index (χ1n) is 4.92. The second kappa shape index (κ2) is 5.06. The van der Waals surface area contributed by atoms with Gasteiger partial charge in [-0.15, -0.1) is 0 Å². The van der Waals surface area contributed by atoms with Crippen LogP contribution in [0.15, 0.2) is 50.0 Å². The van der Waals surface area contributed by atoms with E-state index < -0.39 is 0 Å². The number of hydrogen-bond donors (Lipinski definition) is 1. The van der Waals surface area contributed by atoms with E-state index in [9.17, 15) is 0 Å². The molecule has 0 aliphatic rings. The van der Waals surface area contributed by atoms with E-state index in [4.69, 9.17) is 4.42 Å². The lowest BCUT2D eigenvalue weighted by Crippen LogP contribution is -2.05. The number of furan rings is 1. The summed E-state index contributed by atoms with van der Waals surface area (Å²) in [6.07, 6.45) is 0. The van der Waals surface area contributed by atoms with Crippen molar-refractivity contribution in [3.05, 3.63) is 51.3 Å². The summed E-state index contributed by atoms with van der Waals surface area (Å²) < 4.78 is 7.31. The highest BCUT2D eigenvalue weighted by Crippen LogP contribution is 2.24. The Hall–Kier alpha value is -0.740. The van der Waals surface area contributed by atoms with Crippen LogP contribution in [0.5, 0.6) is 0 Å². The molecule has 1 aromatic heterocycles. The number of anilines is 1. The summed E-state index contributed by atoms with van der Waals surface area (Å²) in [4.78, 5) is 0. The zero-order valence-corrected chi connectivity index (χ0v) is 11.9. The molecule has 1 N–H and O–H groups in total. The second-order valence-corrected chi connectivity index (χ2v) is 5.22. The minimum atomic E-state index is 0.139. The third-order valence-electron chi connectivity index (χ3n) is 2.23. The fourth-order valence-corrected chi connectivity index (χ4v) is 2.18. The first-order chi connectivity index (χ1) is 7.65. The average molecular weight is 345 g/mol. The van der Waals surface area contributed by atoms with Crippen LogP contribution >= 0.6 is 31.9 Å². The van der Waals surface area contributed by atoms with Crippen LogP contribution < -0.4 is 5.32 Å². The molecule has 1 heterocycles. The highest BCUT2D eigenvalue weighted by Gasteiger charge is 2.09. The van der Waals surface area contributed by atoms with Gasteiger partial charge in [0.05, 0.1) is 6.04 Å². The fraction of sp³-hybridized carbons (Fsp3) is 0.167. The number of rotatable bonds is 3. The highest BCUT2D eigenvalue weighted by molar-refractivity contribution is 9.10. The molecule has 2 aromatic rings. The van der Waals surface area contributed by atoms with E-state index in [1.54, 1.807) is 0 Å². The number of halogens is 2. The van der Waals surface area contributed by atoms with Crippen molar-refractivity contribution in [3.8, 4) is 0 Å². The topological polar surface area (TPSA) is 25.2 Å². The summed E-state index contributed by atoms with van der Waals surface area (Å²) >= 11 is 6.74. The molecule has 0 aliphatic heterocycles. The molecule has 4 heteroatoms. The standard InChI is InChI=1S/C12H11Br2NO/c1-8(11-5-6-12(14)16-11)15-10-4-2-3-9(13)7-10/h2-8,15H,1H3. The van der Waals surface area contributed by atoms with E-state index >= 15 is 0 Å². The Kier molecular flexibility index (Phi) is 3.71. The van der Waals surface area contributed by atoms with Gasteiger partial charge in [-0.1, -0.05) is 22.0 Å². The number of nitrogens with one attached hydrogen (secondary N) is 1. The third-order valence-corrected chi connectivity index (χ3v) is 3.15. The Morgan fingerprint density at radius 1 is 1.19 bits per heavy atom. The number of benzene rings is 1. The van der Waals surface area contributed by atoms with Crippen LogP contribution in [-0.4, -0.2) is 0 Å². The van der Waals surface area contributed by atoms with Crippen LogP contribution in [0.3, 0.4) is 0 Å². The summed E-state index contributed by atoms with van der Waals surface area (Å²) in [5, 5.41) is 3.37. The first kappa shape index (κ1) is 11.7. The van der Waals surface area contributed by atoms with Gasteiger partial charge < -0.3 is 9.73 Å². The van der Waals surface area contributed by atoms with E-state index in [0.29, 0.717) is 0 Å². The third kappa shape index (κ3) is 2.89. The molecule has 2 rings (SSSR count). The van der Waals surface area contributed by atoms with E-state index in [0.717, 1.165) is 20.6 Å². The summed E-state index contributed by atoms with van der Waals surface area (Å²) in [5.74, 6) is 0.909. The van der Waals surface area contributed by atoms with Gasteiger partial charge in [-0.3, -0.25) is 0 Å². The van der Waals surface area contributed by atoms with Gasteiger partial charge in [-0.2, -0.15) is 0 Å². The summed E-state index contributed by atoms with van der Waals surface area (Å²) in [5.41, 5.74) is 1.06. The lowest BCUT2D eigenvalue weighted by molar-refractivity contribution is 0.471. The molecule has 2 nitrogen and oxygen atoms in total. The minimum Gasteiger partial charge on any atom is -0.452 e. The van der Waals surface area contributed by atoms with E-state index in [-0.39, 0.29) is 6.04 Å². The maximum absolute atomic E-state index is 5.49. The van der Waals surface area contributed by atoms with Crippen molar-refractivity contribution in [1.82, 2.24) is 0 Å². The Morgan fingerprint density at radius 2 is 2.00 bits per heavy atom. The molecule has 84 valence electrons. The van der Waals surface area contributed by atoms with E-state index in [1.165, 1.54) is 0 Å². The zero-order chi connectivity index (χ0) is 11.5. The van der Waals surface area contributed by atoms with Gasteiger partial charge in [0, 0.05) is 10.2 Å². The molecule has 0 spiro atoms. The molecular weight excluding hydrogens is 334 g/mol. The number of hydrogen-bond acceptors (Lipinski definition) is 2. The van der Waals surface area contributed by atoms with E-state index in [1.807, 2.05) is 36.4 Å². The maximum Gasteiger partial charge on any atom is 0.169 e. The summed E-state index contributed by atoms with van der Waals surface area (Å²) in [6.45, 7) is 2.06. The normalized spacial score (nSPS) is 12.4. The van der Waals surface area contributed by atoms with Crippen LogP contribution in [0.1, 0.15) is 18.7 Å².